The van der Waals surface area contributed by atoms with Crippen molar-refractivity contribution in [2.45, 2.75) is 45.6 Å². The van der Waals surface area contributed by atoms with E-state index < -0.39 is 11.0 Å². The van der Waals surface area contributed by atoms with Crippen LogP contribution in [0, 0.1) is 10.1 Å². The van der Waals surface area contributed by atoms with Crippen LogP contribution < -0.4 is 10.1 Å². The molecule has 1 aromatic rings. The van der Waals surface area contributed by atoms with Crippen molar-refractivity contribution in [1.29, 1.82) is 0 Å². The number of methoxy groups -OCH3 is 1. The zero-order valence-electron chi connectivity index (χ0n) is 12.7. The Kier molecular flexibility index (Phi) is 6.64. The van der Waals surface area contributed by atoms with Gasteiger partial charge < -0.3 is 10.1 Å². The van der Waals surface area contributed by atoms with Gasteiger partial charge in [0.2, 0.25) is 5.91 Å². The Morgan fingerprint density at radius 2 is 2.24 bits per heavy atom. The minimum absolute atomic E-state index is 0.0948. The Bertz CT molecular complexity index is 487. The monoisotopic (exact) mass is 298 g/mol. The van der Waals surface area contributed by atoms with Crippen LogP contribution in [0.5, 0.6) is 5.88 Å². The van der Waals surface area contributed by atoms with Crippen LogP contribution in [0.15, 0.2) is 6.20 Å². The number of nitrogens with zero attached hydrogens (tertiary/aromatic N) is 3. The van der Waals surface area contributed by atoms with Gasteiger partial charge in [0.1, 0.15) is 12.2 Å². The Hall–Kier alpha value is -2.12. The summed E-state index contributed by atoms with van der Waals surface area (Å²) in [5, 5.41) is 17.6. The summed E-state index contributed by atoms with van der Waals surface area (Å²) in [4.78, 5) is 22.2. The number of amides is 1. The standard InChI is InChI=1S/C13H22N4O4/c1-4-5-6-7-8-14-12(18)10(2)16-9-11(17(19)20)13(15-16)21-3/h9-10H,4-8H2,1-3H3,(H,14,18). The van der Waals surface area contributed by atoms with E-state index in [-0.39, 0.29) is 17.5 Å². The van der Waals surface area contributed by atoms with Crippen LogP contribution in [-0.4, -0.2) is 34.3 Å². The van der Waals surface area contributed by atoms with E-state index in [4.69, 9.17) is 4.74 Å². The zero-order valence-corrected chi connectivity index (χ0v) is 12.7. The molecule has 8 nitrogen and oxygen atoms in total. The first-order chi connectivity index (χ1) is 10.0. The van der Waals surface area contributed by atoms with E-state index >= 15 is 0 Å². The predicted octanol–water partition coefficient (Wildman–Crippen LogP) is 2.06. The summed E-state index contributed by atoms with van der Waals surface area (Å²) in [5.74, 6) is -0.311. The third-order valence-electron chi connectivity index (χ3n) is 3.18. The number of hydrogen-bond donors (Lipinski definition) is 1. The highest BCUT2D eigenvalue weighted by atomic mass is 16.6. The van der Waals surface area contributed by atoms with Crippen LogP contribution >= 0.6 is 0 Å². The highest BCUT2D eigenvalue weighted by Gasteiger charge is 2.24. The summed E-state index contributed by atoms with van der Waals surface area (Å²) in [7, 11) is 1.30. The van der Waals surface area contributed by atoms with Gasteiger partial charge in [0.25, 0.3) is 0 Å². The lowest BCUT2D eigenvalue weighted by atomic mass is 10.2. The van der Waals surface area contributed by atoms with Gasteiger partial charge in [0.15, 0.2) is 0 Å². The molecule has 1 unspecified atom stereocenters. The maximum absolute atomic E-state index is 12.0. The first kappa shape index (κ1) is 16.9. The normalized spacial score (nSPS) is 12.0. The number of aromatic nitrogens is 2. The Labute approximate surface area is 123 Å². The van der Waals surface area contributed by atoms with Gasteiger partial charge in [0, 0.05) is 6.54 Å². The average Bonchev–Trinajstić information content (AvgIpc) is 2.90. The molecular weight excluding hydrogens is 276 g/mol. The van der Waals surface area contributed by atoms with E-state index in [1.807, 2.05) is 0 Å². The Balaban J connectivity index is 2.59. The molecule has 0 fully saturated rings. The van der Waals surface area contributed by atoms with Gasteiger partial charge in [-0.15, -0.1) is 5.10 Å². The lowest BCUT2D eigenvalue weighted by Crippen LogP contribution is -2.32. The Morgan fingerprint density at radius 1 is 1.52 bits per heavy atom. The van der Waals surface area contributed by atoms with Crippen molar-refractivity contribution in [2.24, 2.45) is 0 Å². The molecule has 0 aromatic carbocycles. The van der Waals surface area contributed by atoms with Crippen LogP contribution in [0.1, 0.15) is 45.6 Å². The molecule has 21 heavy (non-hydrogen) atoms. The fraction of sp³-hybridized carbons (Fsp3) is 0.692. The number of unbranched alkanes of at least 4 members (excludes halogenated alkanes) is 3. The van der Waals surface area contributed by atoms with Crippen molar-refractivity contribution in [2.75, 3.05) is 13.7 Å². The topological polar surface area (TPSA) is 99.3 Å². The van der Waals surface area contributed by atoms with Gasteiger partial charge in [0.05, 0.1) is 12.0 Å². The number of carbonyl (C=O) groups excluding carboxylic acids is 1. The molecular formula is C13H22N4O4. The number of rotatable bonds is 9. The van der Waals surface area contributed by atoms with Crippen molar-refractivity contribution in [3.63, 3.8) is 0 Å². The molecule has 0 bridgehead atoms. The number of nitrogens with one attached hydrogen (secondary N) is 1. The molecule has 1 rings (SSSR count). The average molecular weight is 298 g/mol. The molecule has 0 spiro atoms. The molecule has 0 aliphatic rings. The second kappa shape index (κ2) is 8.23. The molecule has 0 radical (unpaired) electrons. The van der Waals surface area contributed by atoms with Crippen LogP contribution in [0.3, 0.4) is 0 Å². The molecule has 1 aromatic heterocycles. The fourth-order valence-corrected chi connectivity index (χ4v) is 1.87. The number of hydrogen-bond acceptors (Lipinski definition) is 5. The molecule has 0 aliphatic carbocycles. The van der Waals surface area contributed by atoms with Gasteiger partial charge in [-0.1, -0.05) is 26.2 Å². The van der Waals surface area contributed by atoms with Crippen molar-refractivity contribution < 1.29 is 14.5 Å². The molecule has 1 amide bonds. The smallest absolute Gasteiger partial charge is 0.350 e. The van der Waals surface area contributed by atoms with Gasteiger partial charge >= 0.3 is 11.6 Å². The summed E-state index contributed by atoms with van der Waals surface area (Å²) in [6.45, 7) is 4.36. The van der Waals surface area contributed by atoms with Gasteiger partial charge in [-0.2, -0.15) is 0 Å². The summed E-state index contributed by atoms with van der Waals surface area (Å²) in [5.41, 5.74) is -0.250. The first-order valence-corrected chi connectivity index (χ1v) is 7.06. The second-order valence-corrected chi connectivity index (χ2v) is 4.79. The van der Waals surface area contributed by atoms with Crippen molar-refractivity contribution in [3.8, 4) is 5.88 Å². The van der Waals surface area contributed by atoms with E-state index in [1.54, 1.807) is 6.92 Å². The molecule has 8 heteroatoms. The van der Waals surface area contributed by atoms with E-state index in [9.17, 15) is 14.9 Å². The highest BCUT2D eigenvalue weighted by Crippen LogP contribution is 2.25. The van der Waals surface area contributed by atoms with Crippen LogP contribution in [0.2, 0.25) is 0 Å². The zero-order chi connectivity index (χ0) is 15.8. The molecule has 1 N–H and O–H groups in total. The molecule has 1 heterocycles. The lowest BCUT2D eigenvalue weighted by Gasteiger charge is -2.12. The fourth-order valence-electron chi connectivity index (χ4n) is 1.87. The lowest BCUT2D eigenvalue weighted by molar-refractivity contribution is -0.385. The van der Waals surface area contributed by atoms with E-state index in [2.05, 4.69) is 17.3 Å². The summed E-state index contributed by atoms with van der Waals surface area (Å²) in [6.07, 6.45) is 5.50. The minimum Gasteiger partial charge on any atom is -0.475 e. The second-order valence-electron chi connectivity index (χ2n) is 4.79. The van der Waals surface area contributed by atoms with Crippen LogP contribution in [0.4, 0.5) is 5.69 Å². The van der Waals surface area contributed by atoms with Crippen molar-refractivity contribution in [3.05, 3.63) is 16.3 Å². The van der Waals surface area contributed by atoms with Crippen LogP contribution in [0.25, 0.3) is 0 Å². The SMILES string of the molecule is CCCCCCNC(=O)C(C)n1cc([N+](=O)[O-])c(OC)n1. The minimum atomic E-state index is -0.626. The molecule has 1 atom stereocenters. The van der Waals surface area contributed by atoms with Gasteiger partial charge in [-0.3, -0.25) is 14.9 Å². The largest absolute Gasteiger partial charge is 0.475 e. The molecule has 0 saturated heterocycles. The summed E-state index contributed by atoms with van der Waals surface area (Å²) < 4.78 is 6.09. The van der Waals surface area contributed by atoms with E-state index in [0.29, 0.717) is 6.54 Å². The maximum Gasteiger partial charge on any atom is 0.350 e. The van der Waals surface area contributed by atoms with Crippen molar-refractivity contribution >= 4 is 11.6 Å². The van der Waals surface area contributed by atoms with Gasteiger partial charge in [-0.25, -0.2) is 4.68 Å². The summed E-state index contributed by atoms with van der Waals surface area (Å²) in [6, 6.07) is -0.626. The maximum atomic E-state index is 12.0. The number of ether oxygens (including phenoxy) is 1. The van der Waals surface area contributed by atoms with E-state index in [1.165, 1.54) is 18.0 Å². The molecule has 0 saturated carbocycles. The third-order valence-corrected chi connectivity index (χ3v) is 3.18. The highest BCUT2D eigenvalue weighted by molar-refractivity contribution is 5.79. The molecule has 118 valence electrons. The van der Waals surface area contributed by atoms with Crippen LogP contribution in [-0.2, 0) is 4.79 Å². The van der Waals surface area contributed by atoms with E-state index in [0.717, 1.165) is 25.7 Å². The van der Waals surface area contributed by atoms with Crippen molar-refractivity contribution in [1.82, 2.24) is 15.1 Å². The number of carbonyl (C=O) groups is 1. The first-order valence-electron chi connectivity index (χ1n) is 7.06. The summed E-state index contributed by atoms with van der Waals surface area (Å²) >= 11 is 0. The number of nitro groups is 1. The molecule has 0 aliphatic heterocycles. The third kappa shape index (κ3) is 4.73. The quantitative estimate of drug-likeness (QED) is 0.427. The van der Waals surface area contributed by atoms with Gasteiger partial charge in [-0.05, 0) is 13.3 Å². The predicted molar refractivity (Wildman–Crippen MR) is 77.3 cm³/mol. The Morgan fingerprint density at radius 3 is 2.76 bits per heavy atom.